The van der Waals surface area contributed by atoms with Crippen LogP contribution >= 0.6 is 27.7 Å². The van der Waals surface area contributed by atoms with E-state index in [-0.39, 0.29) is 0 Å². The summed E-state index contributed by atoms with van der Waals surface area (Å²) in [4.78, 5) is 2.52. The number of rotatable bonds is 3. The SMILES string of the molecule is C/C=C\C(Sc1ccc(C)cc1)=C(/C)Br.CC. The fraction of sp³-hybridized carbons (Fsp3) is 0.333. The number of thioether (sulfide) groups is 1. The Kier molecular flexibility index (Phi) is 9.28. The van der Waals surface area contributed by atoms with Gasteiger partial charge in [0.25, 0.3) is 0 Å². The van der Waals surface area contributed by atoms with Crippen molar-refractivity contribution in [2.45, 2.75) is 39.5 Å². The van der Waals surface area contributed by atoms with E-state index in [4.69, 9.17) is 0 Å². The topological polar surface area (TPSA) is 0 Å². The van der Waals surface area contributed by atoms with Crippen molar-refractivity contribution in [3.8, 4) is 0 Å². The van der Waals surface area contributed by atoms with E-state index in [2.05, 4.69) is 66.2 Å². The highest BCUT2D eigenvalue weighted by Crippen LogP contribution is 2.31. The summed E-state index contributed by atoms with van der Waals surface area (Å²) in [6.45, 7) is 10.2. The number of halogens is 1. The van der Waals surface area contributed by atoms with E-state index in [1.54, 1.807) is 11.8 Å². The molecule has 0 nitrogen and oxygen atoms in total. The van der Waals surface area contributed by atoms with E-state index in [1.807, 2.05) is 20.8 Å². The molecule has 0 unspecified atom stereocenters. The first-order chi connectivity index (χ1) is 8.13. The Morgan fingerprint density at radius 3 is 2.12 bits per heavy atom. The van der Waals surface area contributed by atoms with Gasteiger partial charge in [0.05, 0.1) is 0 Å². The minimum atomic E-state index is 1.17. The number of hydrogen-bond acceptors (Lipinski definition) is 1. The van der Waals surface area contributed by atoms with Gasteiger partial charge in [0.15, 0.2) is 0 Å². The average molecular weight is 313 g/mol. The number of benzene rings is 1. The van der Waals surface area contributed by atoms with Crippen LogP contribution in [0.25, 0.3) is 0 Å². The van der Waals surface area contributed by atoms with Crippen molar-refractivity contribution in [2.75, 3.05) is 0 Å². The van der Waals surface area contributed by atoms with Gasteiger partial charge in [-0.3, -0.25) is 0 Å². The molecule has 0 saturated carbocycles. The summed E-state index contributed by atoms with van der Waals surface area (Å²) in [7, 11) is 0. The van der Waals surface area contributed by atoms with E-state index >= 15 is 0 Å². The molecular formula is C15H21BrS. The molecule has 0 aromatic heterocycles. The van der Waals surface area contributed by atoms with E-state index in [0.29, 0.717) is 0 Å². The Balaban J connectivity index is 0.00000121. The maximum absolute atomic E-state index is 3.52. The van der Waals surface area contributed by atoms with Gasteiger partial charge < -0.3 is 0 Å². The molecule has 0 atom stereocenters. The Bertz CT molecular complexity index is 370. The number of hydrogen-bond donors (Lipinski definition) is 0. The van der Waals surface area contributed by atoms with Crippen LogP contribution in [0.2, 0.25) is 0 Å². The molecule has 0 spiro atoms. The molecule has 0 fully saturated rings. The van der Waals surface area contributed by atoms with Crippen LogP contribution < -0.4 is 0 Å². The number of aryl methyl sites for hydroxylation is 1. The summed E-state index contributed by atoms with van der Waals surface area (Å²) in [5, 5.41) is 0. The van der Waals surface area contributed by atoms with Crippen molar-refractivity contribution < 1.29 is 0 Å². The predicted octanol–water partition coefficient (Wildman–Crippen LogP) is 6.32. The van der Waals surface area contributed by atoms with Gasteiger partial charge in [-0.2, -0.15) is 0 Å². The third-order valence-electron chi connectivity index (χ3n) is 1.91. The Labute approximate surface area is 118 Å². The monoisotopic (exact) mass is 312 g/mol. The second-order valence-electron chi connectivity index (χ2n) is 3.31. The summed E-state index contributed by atoms with van der Waals surface area (Å²) >= 11 is 5.30. The number of allylic oxidation sites excluding steroid dienone is 3. The van der Waals surface area contributed by atoms with Crippen molar-refractivity contribution in [3.63, 3.8) is 0 Å². The molecule has 0 bridgehead atoms. The molecular weight excluding hydrogens is 292 g/mol. The highest BCUT2D eigenvalue weighted by atomic mass is 79.9. The molecule has 0 radical (unpaired) electrons. The van der Waals surface area contributed by atoms with Crippen LogP contribution in [0, 0.1) is 6.92 Å². The molecule has 0 aliphatic rings. The van der Waals surface area contributed by atoms with Crippen molar-refractivity contribution >= 4 is 27.7 Å². The zero-order valence-electron chi connectivity index (χ0n) is 11.3. The molecule has 1 aromatic rings. The van der Waals surface area contributed by atoms with E-state index in [1.165, 1.54) is 19.8 Å². The highest BCUT2D eigenvalue weighted by molar-refractivity contribution is 9.11. The van der Waals surface area contributed by atoms with Gasteiger partial charge in [-0.05, 0) is 32.9 Å². The van der Waals surface area contributed by atoms with Gasteiger partial charge in [0.2, 0.25) is 0 Å². The lowest BCUT2D eigenvalue weighted by atomic mass is 10.2. The van der Waals surface area contributed by atoms with Crippen LogP contribution in [0.5, 0.6) is 0 Å². The first-order valence-corrected chi connectivity index (χ1v) is 7.48. The Hall–Kier alpha value is -0.470. The van der Waals surface area contributed by atoms with Crippen LogP contribution in [-0.2, 0) is 0 Å². The highest BCUT2D eigenvalue weighted by Gasteiger charge is 1.99. The molecule has 94 valence electrons. The standard InChI is InChI=1S/C13H15BrS.C2H6/c1-4-5-13(11(3)14)15-12-8-6-10(2)7-9-12;1-2/h4-9H,1-3H3;1-2H3/b5-4-,13-11-;. The molecule has 0 N–H and O–H groups in total. The van der Waals surface area contributed by atoms with Crippen molar-refractivity contribution in [3.05, 3.63) is 51.4 Å². The molecule has 0 saturated heterocycles. The zero-order valence-corrected chi connectivity index (χ0v) is 13.7. The van der Waals surface area contributed by atoms with Gasteiger partial charge in [-0.25, -0.2) is 0 Å². The summed E-state index contributed by atoms with van der Waals surface area (Å²) in [5.74, 6) is 0. The molecule has 0 aliphatic heterocycles. The zero-order chi connectivity index (χ0) is 13.3. The third kappa shape index (κ3) is 6.75. The van der Waals surface area contributed by atoms with Crippen molar-refractivity contribution in [2.24, 2.45) is 0 Å². The maximum atomic E-state index is 3.52. The van der Waals surface area contributed by atoms with E-state index in [9.17, 15) is 0 Å². The summed E-state index contributed by atoms with van der Waals surface area (Å²) in [5.41, 5.74) is 1.30. The second-order valence-corrected chi connectivity index (χ2v) is 5.62. The Morgan fingerprint density at radius 2 is 1.71 bits per heavy atom. The summed E-state index contributed by atoms with van der Waals surface area (Å²) in [6, 6.07) is 8.58. The molecule has 1 rings (SSSR count). The molecule has 0 aliphatic carbocycles. The molecule has 1 aromatic carbocycles. The summed E-state index contributed by atoms with van der Waals surface area (Å²) < 4.78 is 1.17. The molecule has 0 amide bonds. The predicted molar refractivity (Wildman–Crippen MR) is 84.8 cm³/mol. The Morgan fingerprint density at radius 1 is 1.18 bits per heavy atom. The van der Waals surface area contributed by atoms with Crippen molar-refractivity contribution in [1.29, 1.82) is 0 Å². The van der Waals surface area contributed by atoms with Crippen LogP contribution in [0.4, 0.5) is 0 Å². The van der Waals surface area contributed by atoms with E-state index < -0.39 is 0 Å². The lowest BCUT2D eigenvalue weighted by Gasteiger charge is -2.04. The normalized spacial score (nSPS) is 11.9. The minimum absolute atomic E-state index is 1.17. The smallest absolute Gasteiger partial charge is 0.0217 e. The minimum Gasteiger partial charge on any atom is -0.0893 e. The first-order valence-electron chi connectivity index (χ1n) is 5.87. The van der Waals surface area contributed by atoms with Gasteiger partial charge in [0, 0.05) is 14.3 Å². The first kappa shape index (κ1) is 16.5. The fourth-order valence-electron chi connectivity index (χ4n) is 1.10. The lowest BCUT2D eigenvalue weighted by molar-refractivity contribution is 1.38. The molecule has 17 heavy (non-hydrogen) atoms. The largest absolute Gasteiger partial charge is 0.0893 e. The van der Waals surface area contributed by atoms with Gasteiger partial charge in [-0.1, -0.05) is 71.4 Å². The molecule has 0 heterocycles. The van der Waals surface area contributed by atoms with Crippen LogP contribution in [0.15, 0.2) is 50.7 Å². The molecule has 2 heteroatoms. The van der Waals surface area contributed by atoms with Crippen LogP contribution in [0.1, 0.15) is 33.3 Å². The summed E-state index contributed by atoms with van der Waals surface area (Å²) in [6.07, 6.45) is 4.18. The lowest BCUT2D eigenvalue weighted by Crippen LogP contribution is -1.77. The van der Waals surface area contributed by atoms with Crippen LogP contribution in [0.3, 0.4) is 0 Å². The van der Waals surface area contributed by atoms with Gasteiger partial charge in [0.1, 0.15) is 0 Å². The van der Waals surface area contributed by atoms with Crippen LogP contribution in [-0.4, -0.2) is 0 Å². The van der Waals surface area contributed by atoms with E-state index in [0.717, 1.165) is 0 Å². The second kappa shape index (κ2) is 9.55. The fourth-order valence-corrected chi connectivity index (χ4v) is 2.35. The maximum Gasteiger partial charge on any atom is 0.0217 e. The van der Waals surface area contributed by atoms with Gasteiger partial charge in [-0.15, -0.1) is 0 Å². The van der Waals surface area contributed by atoms with Gasteiger partial charge >= 0.3 is 0 Å². The third-order valence-corrected chi connectivity index (χ3v) is 3.77. The van der Waals surface area contributed by atoms with Crippen molar-refractivity contribution in [1.82, 2.24) is 0 Å². The average Bonchev–Trinajstić information content (AvgIpc) is 2.34. The quantitative estimate of drug-likeness (QED) is 0.465.